The molecule has 2 aromatic carbocycles. The predicted molar refractivity (Wildman–Crippen MR) is 83.6 cm³/mol. The highest BCUT2D eigenvalue weighted by molar-refractivity contribution is 6.09. The molecule has 0 unspecified atom stereocenters. The Labute approximate surface area is 136 Å². The first-order valence-corrected chi connectivity index (χ1v) is 7.10. The van der Waals surface area contributed by atoms with Gasteiger partial charge in [0.1, 0.15) is 0 Å². The lowest BCUT2D eigenvalue weighted by Crippen LogP contribution is -2.27. The van der Waals surface area contributed by atoms with Crippen molar-refractivity contribution in [3.63, 3.8) is 0 Å². The second-order valence-electron chi connectivity index (χ2n) is 5.13. The number of anilines is 1. The Hall–Kier alpha value is -3.09. The Morgan fingerprint density at radius 3 is 2.50 bits per heavy atom. The Balaban J connectivity index is 1.99. The van der Waals surface area contributed by atoms with Crippen LogP contribution in [0.1, 0.15) is 16.2 Å². The Morgan fingerprint density at radius 1 is 1.08 bits per heavy atom. The molecule has 3 rings (SSSR count). The fourth-order valence-corrected chi connectivity index (χ4v) is 2.25. The summed E-state index contributed by atoms with van der Waals surface area (Å²) in [6, 6.07) is 9.99. The monoisotopic (exact) mass is 329 g/mol. The largest absolute Gasteiger partial charge is 0.421 e. The Kier molecular flexibility index (Phi) is 4.07. The molecule has 1 heterocycles. The van der Waals surface area contributed by atoms with Crippen molar-refractivity contribution in [2.75, 3.05) is 11.9 Å². The lowest BCUT2D eigenvalue weighted by atomic mass is 10.1. The molecule has 0 atom stereocenters. The van der Waals surface area contributed by atoms with Gasteiger partial charge in [-0.15, -0.1) is 10.2 Å². The molecule has 1 aromatic heterocycles. The molecule has 5 nitrogen and oxygen atoms in total. The highest BCUT2D eigenvalue weighted by Gasteiger charge is 2.21. The summed E-state index contributed by atoms with van der Waals surface area (Å²) in [7, 11) is 1.48. The molecule has 0 bridgehead atoms. The second-order valence-corrected chi connectivity index (χ2v) is 5.13. The van der Waals surface area contributed by atoms with Crippen LogP contribution in [0.2, 0.25) is 0 Å². The average molecular weight is 329 g/mol. The minimum Gasteiger partial charge on any atom is -0.421 e. The highest BCUT2D eigenvalue weighted by atomic mass is 19.2. The molecule has 7 heteroatoms. The van der Waals surface area contributed by atoms with Crippen LogP contribution in [0.3, 0.4) is 0 Å². The summed E-state index contributed by atoms with van der Waals surface area (Å²) in [5.41, 5.74) is 1.02. The van der Waals surface area contributed by atoms with E-state index in [1.54, 1.807) is 31.2 Å². The third kappa shape index (κ3) is 2.88. The zero-order valence-corrected chi connectivity index (χ0v) is 13.0. The van der Waals surface area contributed by atoms with Gasteiger partial charge in [0.15, 0.2) is 11.6 Å². The van der Waals surface area contributed by atoms with Crippen molar-refractivity contribution in [3.05, 3.63) is 65.6 Å². The third-order valence-electron chi connectivity index (χ3n) is 3.51. The van der Waals surface area contributed by atoms with Gasteiger partial charge in [0, 0.05) is 25.7 Å². The maximum atomic E-state index is 13.4. The minimum atomic E-state index is -1.02. The van der Waals surface area contributed by atoms with Gasteiger partial charge in [-0.1, -0.05) is 12.1 Å². The molecular formula is C17H13F2N3O2. The van der Waals surface area contributed by atoms with E-state index in [0.717, 1.165) is 12.1 Å². The molecule has 0 saturated heterocycles. The SMILES string of the molecule is Cc1nnc(-c2ccccc2C(=O)N(C)c2ccc(F)c(F)c2)o1. The molecule has 0 radical (unpaired) electrons. The number of hydrogen-bond donors (Lipinski definition) is 0. The molecule has 0 saturated carbocycles. The smallest absolute Gasteiger partial charge is 0.258 e. The summed E-state index contributed by atoms with van der Waals surface area (Å²) < 4.78 is 31.9. The molecule has 3 aromatic rings. The number of hydrogen-bond acceptors (Lipinski definition) is 4. The van der Waals surface area contributed by atoms with E-state index in [9.17, 15) is 13.6 Å². The number of carbonyl (C=O) groups is 1. The topological polar surface area (TPSA) is 59.2 Å². The minimum absolute atomic E-state index is 0.218. The lowest BCUT2D eigenvalue weighted by molar-refractivity contribution is 0.0993. The van der Waals surface area contributed by atoms with Gasteiger partial charge in [0.25, 0.3) is 5.91 Å². The maximum Gasteiger partial charge on any atom is 0.258 e. The van der Waals surface area contributed by atoms with Crippen LogP contribution in [-0.4, -0.2) is 23.2 Å². The molecule has 122 valence electrons. The average Bonchev–Trinajstić information content (AvgIpc) is 3.02. The van der Waals surface area contributed by atoms with Crippen LogP contribution in [0.5, 0.6) is 0 Å². The molecule has 0 N–H and O–H groups in total. The molecule has 0 aliphatic carbocycles. The van der Waals surface area contributed by atoms with Crippen LogP contribution in [0.4, 0.5) is 14.5 Å². The van der Waals surface area contributed by atoms with E-state index in [2.05, 4.69) is 10.2 Å². The van der Waals surface area contributed by atoms with Crippen molar-refractivity contribution in [3.8, 4) is 11.5 Å². The predicted octanol–water partition coefficient (Wildman–Crippen LogP) is 3.60. The molecule has 0 aliphatic heterocycles. The number of rotatable bonds is 3. The van der Waals surface area contributed by atoms with E-state index in [4.69, 9.17) is 4.42 Å². The molecule has 24 heavy (non-hydrogen) atoms. The third-order valence-corrected chi connectivity index (χ3v) is 3.51. The zero-order valence-electron chi connectivity index (χ0n) is 13.0. The van der Waals surface area contributed by atoms with E-state index in [-0.39, 0.29) is 11.6 Å². The van der Waals surface area contributed by atoms with E-state index in [1.165, 1.54) is 18.0 Å². The van der Waals surface area contributed by atoms with Gasteiger partial charge in [0.2, 0.25) is 11.8 Å². The van der Waals surface area contributed by atoms with Gasteiger partial charge in [-0.05, 0) is 24.3 Å². The quantitative estimate of drug-likeness (QED) is 0.737. The number of amides is 1. The zero-order chi connectivity index (χ0) is 17.3. The van der Waals surface area contributed by atoms with Gasteiger partial charge in [-0.3, -0.25) is 4.79 Å². The summed E-state index contributed by atoms with van der Waals surface area (Å²) in [5, 5.41) is 7.67. The first-order chi connectivity index (χ1) is 11.5. The summed E-state index contributed by atoms with van der Waals surface area (Å²) in [6.45, 7) is 1.65. The molecule has 0 fully saturated rings. The van der Waals surface area contributed by atoms with E-state index in [1.807, 2.05) is 0 Å². The number of halogens is 2. The molecule has 0 aliphatic rings. The fraction of sp³-hybridized carbons (Fsp3) is 0.118. The van der Waals surface area contributed by atoms with E-state index in [0.29, 0.717) is 17.0 Å². The van der Waals surface area contributed by atoms with Crippen LogP contribution >= 0.6 is 0 Å². The van der Waals surface area contributed by atoms with Crippen LogP contribution in [0, 0.1) is 18.6 Å². The first-order valence-electron chi connectivity index (χ1n) is 7.10. The van der Waals surface area contributed by atoms with Gasteiger partial charge in [0.05, 0.1) is 11.1 Å². The van der Waals surface area contributed by atoms with Gasteiger partial charge >= 0.3 is 0 Å². The molecule has 1 amide bonds. The van der Waals surface area contributed by atoms with Crippen molar-refractivity contribution in [2.45, 2.75) is 6.92 Å². The Bertz CT molecular complexity index is 908. The standard InChI is InChI=1S/C17H13F2N3O2/c1-10-20-21-16(24-10)12-5-3-4-6-13(12)17(23)22(2)11-7-8-14(18)15(19)9-11/h3-9H,1-2H3. The van der Waals surface area contributed by atoms with Crippen LogP contribution in [0.25, 0.3) is 11.5 Å². The number of carbonyl (C=O) groups excluding carboxylic acids is 1. The summed E-state index contributed by atoms with van der Waals surface area (Å²) in [4.78, 5) is 14.0. The van der Waals surface area contributed by atoms with Gasteiger partial charge in [-0.2, -0.15) is 0 Å². The Morgan fingerprint density at radius 2 is 1.83 bits per heavy atom. The van der Waals surface area contributed by atoms with Crippen molar-refractivity contribution in [2.24, 2.45) is 0 Å². The van der Waals surface area contributed by atoms with E-state index >= 15 is 0 Å². The van der Waals surface area contributed by atoms with Crippen LogP contribution in [-0.2, 0) is 0 Å². The number of aryl methyl sites for hydroxylation is 1. The van der Waals surface area contributed by atoms with Crippen LogP contribution in [0.15, 0.2) is 46.9 Å². The second kappa shape index (κ2) is 6.19. The van der Waals surface area contributed by atoms with Gasteiger partial charge in [-0.25, -0.2) is 8.78 Å². The van der Waals surface area contributed by atoms with Crippen molar-refractivity contribution < 1.29 is 18.0 Å². The first kappa shape index (κ1) is 15.8. The normalized spacial score (nSPS) is 10.7. The maximum absolute atomic E-state index is 13.4. The van der Waals surface area contributed by atoms with Crippen LogP contribution < -0.4 is 4.90 Å². The number of benzene rings is 2. The van der Waals surface area contributed by atoms with Crippen molar-refractivity contribution >= 4 is 11.6 Å². The number of aromatic nitrogens is 2. The summed E-state index contributed by atoms with van der Waals surface area (Å²) in [5.74, 6) is -1.81. The fourth-order valence-electron chi connectivity index (χ4n) is 2.25. The summed E-state index contributed by atoms with van der Waals surface area (Å²) >= 11 is 0. The van der Waals surface area contributed by atoms with Gasteiger partial charge < -0.3 is 9.32 Å². The lowest BCUT2D eigenvalue weighted by Gasteiger charge is -2.18. The summed E-state index contributed by atoms with van der Waals surface area (Å²) in [6.07, 6.45) is 0. The molecule has 0 spiro atoms. The van der Waals surface area contributed by atoms with E-state index < -0.39 is 17.5 Å². The molecular weight excluding hydrogens is 316 g/mol. The highest BCUT2D eigenvalue weighted by Crippen LogP contribution is 2.25. The van der Waals surface area contributed by atoms with Crippen molar-refractivity contribution in [1.82, 2.24) is 10.2 Å². The number of nitrogens with zero attached hydrogens (tertiary/aromatic N) is 3. The van der Waals surface area contributed by atoms with Crippen molar-refractivity contribution in [1.29, 1.82) is 0 Å².